The van der Waals surface area contributed by atoms with E-state index in [2.05, 4.69) is 5.32 Å². The molecule has 1 aliphatic rings. The van der Waals surface area contributed by atoms with Gasteiger partial charge in [-0.2, -0.15) is 0 Å². The molecule has 0 bridgehead atoms. The van der Waals surface area contributed by atoms with Gasteiger partial charge in [-0.3, -0.25) is 19.3 Å². The number of amides is 3. The number of hydrogen-bond acceptors (Lipinski definition) is 4. The zero-order chi connectivity index (χ0) is 15.8. The summed E-state index contributed by atoms with van der Waals surface area (Å²) in [5.74, 6) is -1.00. The summed E-state index contributed by atoms with van der Waals surface area (Å²) in [6, 6.07) is 4.64. The van der Waals surface area contributed by atoms with Gasteiger partial charge >= 0.3 is 0 Å². The number of carbonyl (C=O) groups excluding carboxylic acids is 3. The standard InChI is InChI=1S/C15H18N2O4/c1-15(2,3)21-8-12(18)16-9-5-6-10-11(7-9)14(20)17(4)13(10)19/h5-7H,8H2,1-4H3,(H,16,18). The minimum Gasteiger partial charge on any atom is -0.366 e. The summed E-state index contributed by atoms with van der Waals surface area (Å²) in [5, 5.41) is 2.65. The van der Waals surface area contributed by atoms with Crippen molar-refractivity contribution in [2.75, 3.05) is 19.0 Å². The van der Waals surface area contributed by atoms with E-state index in [1.807, 2.05) is 20.8 Å². The summed E-state index contributed by atoms with van der Waals surface area (Å²) in [4.78, 5) is 36.4. The number of anilines is 1. The van der Waals surface area contributed by atoms with Gasteiger partial charge in [-0.25, -0.2) is 0 Å². The van der Waals surface area contributed by atoms with E-state index in [0.29, 0.717) is 16.8 Å². The number of nitrogens with zero attached hydrogens (tertiary/aromatic N) is 1. The van der Waals surface area contributed by atoms with Gasteiger partial charge in [-0.15, -0.1) is 0 Å². The van der Waals surface area contributed by atoms with E-state index in [-0.39, 0.29) is 24.3 Å². The molecule has 0 radical (unpaired) electrons. The lowest BCUT2D eigenvalue weighted by atomic mass is 10.1. The molecule has 1 N–H and O–H groups in total. The minimum absolute atomic E-state index is 0.0760. The van der Waals surface area contributed by atoms with Crippen LogP contribution in [0.1, 0.15) is 41.5 Å². The number of hydrogen-bond donors (Lipinski definition) is 1. The van der Waals surface area contributed by atoms with E-state index in [1.54, 1.807) is 12.1 Å². The maximum Gasteiger partial charge on any atom is 0.261 e. The molecule has 0 unspecified atom stereocenters. The predicted octanol–water partition coefficient (Wildman–Crippen LogP) is 1.67. The Balaban J connectivity index is 2.09. The van der Waals surface area contributed by atoms with E-state index in [9.17, 15) is 14.4 Å². The highest BCUT2D eigenvalue weighted by Crippen LogP contribution is 2.24. The highest BCUT2D eigenvalue weighted by atomic mass is 16.5. The SMILES string of the molecule is CN1C(=O)c2ccc(NC(=O)COC(C)(C)C)cc2C1=O. The highest BCUT2D eigenvalue weighted by Gasteiger charge is 2.32. The average molecular weight is 290 g/mol. The third-order valence-electron chi connectivity index (χ3n) is 3.01. The van der Waals surface area contributed by atoms with Crippen LogP contribution in [0, 0.1) is 0 Å². The summed E-state index contributed by atoms with van der Waals surface area (Å²) < 4.78 is 5.37. The van der Waals surface area contributed by atoms with Crippen LogP contribution < -0.4 is 5.32 Å². The molecular weight excluding hydrogens is 272 g/mol. The van der Waals surface area contributed by atoms with E-state index in [4.69, 9.17) is 4.74 Å². The van der Waals surface area contributed by atoms with Crippen molar-refractivity contribution < 1.29 is 19.1 Å². The molecule has 1 aromatic carbocycles. The van der Waals surface area contributed by atoms with Crippen molar-refractivity contribution in [2.24, 2.45) is 0 Å². The Hall–Kier alpha value is -2.21. The summed E-state index contributed by atoms with van der Waals surface area (Å²) in [6.45, 7) is 5.49. The summed E-state index contributed by atoms with van der Waals surface area (Å²) in [6.07, 6.45) is 0. The van der Waals surface area contributed by atoms with Gasteiger partial charge in [-0.05, 0) is 39.0 Å². The maximum atomic E-state index is 11.9. The van der Waals surface area contributed by atoms with Crippen molar-refractivity contribution in [1.29, 1.82) is 0 Å². The summed E-state index contributed by atoms with van der Waals surface area (Å²) >= 11 is 0. The summed E-state index contributed by atoms with van der Waals surface area (Å²) in [5.41, 5.74) is 0.719. The van der Waals surface area contributed by atoms with Gasteiger partial charge < -0.3 is 10.1 Å². The second-order valence-corrected chi connectivity index (χ2v) is 5.88. The second-order valence-electron chi connectivity index (χ2n) is 5.88. The minimum atomic E-state index is -0.402. The van der Waals surface area contributed by atoms with Crippen LogP contribution in [0.4, 0.5) is 5.69 Å². The first-order valence-corrected chi connectivity index (χ1v) is 6.59. The Morgan fingerprint density at radius 3 is 2.43 bits per heavy atom. The first-order valence-electron chi connectivity index (χ1n) is 6.59. The number of carbonyl (C=O) groups is 3. The van der Waals surface area contributed by atoms with E-state index in [0.717, 1.165) is 4.90 Å². The van der Waals surface area contributed by atoms with Crippen LogP contribution in [0.5, 0.6) is 0 Å². The first-order chi connectivity index (χ1) is 9.69. The van der Waals surface area contributed by atoms with Crippen LogP contribution >= 0.6 is 0 Å². The Morgan fingerprint density at radius 2 is 1.81 bits per heavy atom. The van der Waals surface area contributed by atoms with Gasteiger partial charge in [0, 0.05) is 12.7 Å². The van der Waals surface area contributed by atoms with Crippen LogP contribution in [-0.2, 0) is 9.53 Å². The van der Waals surface area contributed by atoms with Gasteiger partial charge in [0.05, 0.1) is 16.7 Å². The van der Waals surface area contributed by atoms with Crippen LogP contribution in [0.2, 0.25) is 0 Å². The van der Waals surface area contributed by atoms with E-state index >= 15 is 0 Å². The van der Waals surface area contributed by atoms with Crippen LogP contribution in [0.3, 0.4) is 0 Å². The lowest BCUT2D eigenvalue weighted by Gasteiger charge is -2.19. The third-order valence-corrected chi connectivity index (χ3v) is 3.01. The molecule has 2 rings (SSSR count). The van der Waals surface area contributed by atoms with Gasteiger partial charge in [-0.1, -0.05) is 0 Å². The Morgan fingerprint density at radius 1 is 1.19 bits per heavy atom. The molecule has 1 aromatic rings. The number of imide groups is 1. The molecule has 1 heterocycles. The molecule has 0 aromatic heterocycles. The monoisotopic (exact) mass is 290 g/mol. The molecule has 6 heteroatoms. The van der Waals surface area contributed by atoms with Crippen molar-refractivity contribution in [3.05, 3.63) is 29.3 Å². The fourth-order valence-corrected chi connectivity index (χ4v) is 1.92. The highest BCUT2D eigenvalue weighted by molar-refractivity contribution is 6.21. The lowest BCUT2D eigenvalue weighted by molar-refractivity contribution is -0.125. The van der Waals surface area contributed by atoms with Crippen LogP contribution in [0.25, 0.3) is 0 Å². The number of ether oxygens (including phenoxy) is 1. The average Bonchev–Trinajstić information content (AvgIpc) is 2.61. The molecule has 0 spiro atoms. The van der Waals surface area contributed by atoms with E-state index < -0.39 is 5.60 Å². The number of nitrogens with one attached hydrogen (secondary N) is 1. The molecule has 0 aliphatic carbocycles. The predicted molar refractivity (Wildman–Crippen MR) is 77.2 cm³/mol. The van der Waals surface area contributed by atoms with E-state index in [1.165, 1.54) is 13.1 Å². The third kappa shape index (κ3) is 3.28. The topological polar surface area (TPSA) is 75.7 Å². The molecule has 6 nitrogen and oxygen atoms in total. The fourth-order valence-electron chi connectivity index (χ4n) is 1.92. The molecule has 1 aliphatic heterocycles. The second kappa shape index (κ2) is 5.29. The van der Waals surface area contributed by atoms with Crippen LogP contribution in [0.15, 0.2) is 18.2 Å². The molecule has 112 valence electrons. The zero-order valence-electron chi connectivity index (χ0n) is 12.5. The fraction of sp³-hybridized carbons (Fsp3) is 0.400. The van der Waals surface area contributed by atoms with Gasteiger partial charge in [0.2, 0.25) is 5.91 Å². The van der Waals surface area contributed by atoms with Crippen molar-refractivity contribution in [2.45, 2.75) is 26.4 Å². The quantitative estimate of drug-likeness (QED) is 0.859. The normalized spacial score (nSPS) is 14.4. The molecule has 0 atom stereocenters. The van der Waals surface area contributed by atoms with Crippen molar-refractivity contribution in [3.63, 3.8) is 0 Å². The molecule has 21 heavy (non-hydrogen) atoms. The first kappa shape index (κ1) is 15.2. The molecule has 3 amide bonds. The smallest absolute Gasteiger partial charge is 0.261 e. The van der Waals surface area contributed by atoms with Crippen molar-refractivity contribution in [1.82, 2.24) is 4.90 Å². The van der Waals surface area contributed by atoms with Gasteiger partial charge in [0.25, 0.3) is 11.8 Å². The number of fused-ring (bicyclic) bond motifs is 1. The van der Waals surface area contributed by atoms with Gasteiger partial charge in [0.1, 0.15) is 6.61 Å². The summed E-state index contributed by atoms with van der Waals surface area (Å²) in [7, 11) is 1.43. The Bertz CT molecular complexity index is 617. The van der Waals surface area contributed by atoms with Gasteiger partial charge in [0.15, 0.2) is 0 Å². The maximum absolute atomic E-state index is 11.9. The Labute approximate surface area is 123 Å². The largest absolute Gasteiger partial charge is 0.366 e. The molecule has 0 fully saturated rings. The molecule has 0 saturated heterocycles. The van der Waals surface area contributed by atoms with Crippen LogP contribution in [-0.4, -0.2) is 41.9 Å². The molecular formula is C15H18N2O4. The zero-order valence-corrected chi connectivity index (χ0v) is 12.5. The molecule has 0 saturated carbocycles. The van der Waals surface area contributed by atoms with Crippen molar-refractivity contribution >= 4 is 23.4 Å². The lowest BCUT2D eigenvalue weighted by Crippen LogP contribution is -2.27. The van der Waals surface area contributed by atoms with Crippen molar-refractivity contribution in [3.8, 4) is 0 Å². The number of rotatable bonds is 3. The number of benzene rings is 1. The Kier molecular flexibility index (Phi) is 3.82.